The van der Waals surface area contributed by atoms with Gasteiger partial charge in [0.15, 0.2) is 22.4 Å². The number of aromatic nitrogens is 3. The van der Waals surface area contributed by atoms with Gasteiger partial charge in [-0.2, -0.15) is 0 Å². The summed E-state index contributed by atoms with van der Waals surface area (Å²) in [7, 11) is 1.70. The van der Waals surface area contributed by atoms with Crippen LogP contribution in [0.1, 0.15) is 30.2 Å². The van der Waals surface area contributed by atoms with E-state index in [1.54, 1.807) is 19.2 Å². The van der Waals surface area contributed by atoms with E-state index in [4.69, 9.17) is 30.8 Å². The Kier molecular flexibility index (Phi) is 5.72. The van der Waals surface area contributed by atoms with Gasteiger partial charge in [-0.15, -0.1) is 0 Å². The zero-order valence-electron chi connectivity index (χ0n) is 18.5. The highest BCUT2D eigenvalue weighted by atomic mass is 35.5. The fourth-order valence-electron chi connectivity index (χ4n) is 4.40. The number of aryl methyl sites for hydroxylation is 2. The summed E-state index contributed by atoms with van der Waals surface area (Å²) in [6, 6.07) is 9.35. The van der Waals surface area contributed by atoms with Crippen LogP contribution < -0.4 is 15.2 Å². The van der Waals surface area contributed by atoms with E-state index in [2.05, 4.69) is 9.88 Å². The predicted octanol–water partition coefficient (Wildman–Crippen LogP) is 3.79. The van der Waals surface area contributed by atoms with E-state index in [1.165, 1.54) is 4.57 Å². The Labute approximate surface area is 195 Å². The van der Waals surface area contributed by atoms with Crippen LogP contribution in [0.3, 0.4) is 0 Å². The highest BCUT2D eigenvalue weighted by molar-refractivity contribution is 6.31. The molecule has 1 aliphatic rings. The number of aliphatic hydroxyl groups excluding tert-OH is 1. The fourth-order valence-corrected chi connectivity index (χ4v) is 4.60. The van der Waals surface area contributed by atoms with Gasteiger partial charge >= 0.3 is 0 Å². The molecule has 0 aliphatic carbocycles. The molecule has 0 bridgehead atoms. The number of ether oxygens (including phenoxy) is 1. The number of oxazole rings is 1. The third-order valence-electron chi connectivity index (χ3n) is 6.21. The van der Waals surface area contributed by atoms with Crippen LogP contribution in [0.15, 0.2) is 39.5 Å². The number of anilines is 1. The van der Waals surface area contributed by atoms with Crippen LogP contribution in [-0.2, 0) is 7.05 Å². The number of fused-ring (bicyclic) bond motifs is 2. The van der Waals surface area contributed by atoms with E-state index in [-0.39, 0.29) is 29.8 Å². The van der Waals surface area contributed by atoms with Crippen LogP contribution in [0.5, 0.6) is 5.75 Å². The van der Waals surface area contributed by atoms with Gasteiger partial charge in [0.2, 0.25) is 0 Å². The minimum absolute atomic E-state index is 0.101. The van der Waals surface area contributed by atoms with Crippen LogP contribution in [0.2, 0.25) is 5.15 Å². The second kappa shape index (κ2) is 8.68. The molecular formula is C24H25ClN4O4. The number of halogens is 1. The molecule has 33 heavy (non-hydrogen) atoms. The number of piperidine rings is 1. The van der Waals surface area contributed by atoms with Crippen LogP contribution >= 0.6 is 11.6 Å². The zero-order valence-corrected chi connectivity index (χ0v) is 19.3. The van der Waals surface area contributed by atoms with Crippen LogP contribution in [0.4, 0.5) is 5.69 Å². The molecule has 0 atom stereocenters. The Morgan fingerprint density at radius 3 is 2.76 bits per heavy atom. The number of pyridine rings is 2. The Bertz CT molecular complexity index is 1390. The van der Waals surface area contributed by atoms with Crippen molar-refractivity contribution >= 4 is 39.4 Å². The number of rotatable bonds is 5. The van der Waals surface area contributed by atoms with Crippen LogP contribution in [0, 0.1) is 6.92 Å². The highest BCUT2D eigenvalue weighted by Gasteiger charge is 2.27. The maximum absolute atomic E-state index is 12.7. The fraction of sp³-hybridized carbons (Fsp3) is 0.375. The largest absolute Gasteiger partial charge is 0.488 e. The summed E-state index contributed by atoms with van der Waals surface area (Å²) in [5.41, 5.74) is 4.77. The van der Waals surface area contributed by atoms with Gasteiger partial charge in [0, 0.05) is 38.2 Å². The Morgan fingerprint density at radius 2 is 2.00 bits per heavy atom. The molecule has 3 aromatic heterocycles. The molecule has 4 heterocycles. The molecule has 5 rings (SSSR count). The van der Waals surface area contributed by atoms with E-state index in [1.807, 2.05) is 25.1 Å². The van der Waals surface area contributed by atoms with E-state index in [9.17, 15) is 4.79 Å². The van der Waals surface area contributed by atoms with Crippen molar-refractivity contribution in [1.29, 1.82) is 0 Å². The first-order valence-corrected chi connectivity index (χ1v) is 11.4. The molecule has 1 N–H and O–H groups in total. The van der Waals surface area contributed by atoms with Gasteiger partial charge in [0.25, 0.3) is 5.56 Å². The third kappa shape index (κ3) is 4.05. The van der Waals surface area contributed by atoms with Crippen molar-refractivity contribution in [2.75, 3.05) is 31.2 Å². The number of aliphatic hydroxyl groups is 1. The molecule has 1 aromatic carbocycles. The minimum Gasteiger partial charge on any atom is -0.488 e. The van der Waals surface area contributed by atoms with Gasteiger partial charge in [0.1, 0.15) is 17.6 Å². The summed E-state index contributed by atoms with van der Waals surface area (Å²) in [6.45, 7) is 3.49. The van der Waals surface area contributed by atoms with Crippen molar-refractivity contribution in [3.05, 3.63) is 57.3 Å². The van der Waals surface area contributed by atoms with Crippen molar-refractivity contribution in [3.63, 3.8) is 0 Å². The number of hydrogen-bond donors (Lipinski definition) is 1. The van der Waals surface area contributed by atoms with E-state index in [0.29, 0.717) is 16.8 Å². The first-order valence-electron chi connectivity index (χ1n) is 11.0. The van der Waals surface area contributed by atoms with Crippen molar-refractivity contribution in [3.8, 4) is 5.75 Å². The SMILES string of the molecule is Cc1ccc2oc(C3CCN(c4cc(=O)n(C)c5cc(OCCO)c(Cl)nc45)CC3)nc2c1. The normalized spacial score (nSPS) is 15.0. The zero-order chi connectivity index (χ0) is 23.1. The third-order valence-corrected chi connectivity index (χ3v) is 6.48. The summed E-state index contributed by atoms with van der Waals surface area (Å²) >= 11 is 6.35. The lowest BCUT2D eigenvalue weighted by atomic mass is 9.96. The Hall–Kier alpha value is -3.10. The van der Waals surface area contributed by atoms with Crippen molar-refractivity contribution in [2.24, 2.45) is 7.05 Å². The lowest BCUT2D eigenvalue weighted by molar-refractivity contribution is 0.201. The molecule has 9 heteroatoms. The lowest BCUT2D eigenvalue weighted by Crippen LogP contribution is -2.34. The average molecular weight is 469 g/mol. The van der Waals surface area contributed by atoms with Gasteiger partial charge in [-0.1, -0.05) is 17.7 Å². The second-order valence-electron chi connectivity index (χ2n) is 8.43. The maximum atomic E-state index is 12.7. The Morgan fingerprint density at radius 1 is 1.21 bits per heavy atom. The van der Waals surface area contributed by atoms with E-state index in [0.717, 1.165) is 54.2 Å². The van der Waals surface area contributed by atoms with Crippen molar-refractivity contribution in [2.45, 2.75) is 25.7 Å². The minimum atomic E-state index is -0.137. The van der Waals surface area contributed by atoms with Gasteiger partial charge in [-0.25, -0.2) is 9.97 Å². The average Bonchev–Trinajstić information content (AvgIpc) is 3.24. The molecule has 1 aliphatic heterocycles. The number of nitrogens with zero attached hydrogens (tertiary/aromatic N) is 4. The van der Waals surface area contributed by atoms with Gasteiger partial charge < -0.3 is 23.7 Å². The lowest BCUT2D eigenvalue weighted by Gasteiger charge is -2.33. The topological polar surface area (TPSA) is 93.6 Å². The molecule has 0 radical (unpaired) electrons. The molecule has 0 saturated carbocycles. The Balaban J connectivity index is 1.43. The second-order valence-corrected chi connectivity index (χ2v) is 8.79. The molecule has 0 unspecified atom stereocenters. The standard InChI is InChI=1S/C24H25ClN4O4/c1-14-3-4-19-16(11-14)26-24(33-19)15-5-7-29(8-6-15)18-13-21(31)28(2)17-12-20(32-10-9-30)23(25)27-22(17)18/h3-4,11-13,15,30H,5-10H2,1-2H3. The number of benzene rings is 1. The molecule has 0 spiro atoms. The van der Waals surface area contributed by atoms with Gasteiger partial charge in [-0.05, 0) is 37.5 Å². The quantitative estimate of drug-likeness (QED) is 0.445. The van der Waals surface area contributed by atoms with Gasteiger partial charge in [-0.3, -0.25) is 4.79 Å². The van der Waals surface area contributed by atoms with Crippen molar-refractivity contribution in [1.82, 2.24) is 14.5 Å². The predicted molar refractivity (Wildman–Crippen MR) is 128 cm³/mol. The first kappa shape index (κ1) is 21.7. The summed E-state index contributed by atoms with van der Waals surface area (Å²) in [4.78, 5) is 24.1. The first-order chi connectivity index (χ1) is 15.9. The monoisotopic (exact) mass is 468 g/mol. The summed E-state index contributed by atoms with van der Waals surface area (Å²) in [5.74, 6) is 1.34. The molecule has 0 amide bonds. The molecule has 8 nitrogen and oxygen atoms in total. The van der Waals surface area contributed by atoms with Crippen molar-refractivity contribution < 1.29 is 14.3 Å². The molecule has 4 aromatic rings. The van der Waals surface area contributed by atoms with Crippen LogP contribution in [-0.4, -0.2) is 45.9 Å². The smallest absolute Gasteiger partial charge is 0.252 e. The molecule has 172 valence electrons. The molecule has 1 saturated heterocycles. The van der Waals surface area contributed by atoms with E-state index < -0.39 is 0 Å². The summed E-state index contributed by atoms with van der Waals surface area (Å²) in [6.07, 6.45) is 1.71. The van der Waals surface area contributed by atoms with E-state index >= 15 is 0 Å². The molecule has 1 fully saturated rings. The summed E-state index contributed by atoms with van der Waals surface area (Å²) in [5, 5.41) is 9.24. The maximum Gasteiger partial charge on any atom is 0.252 e. The van der Waals surface area contributed by atoms with Gasteiger partial charge in [0.05, 0.1) is 17.8 Å². The summed E-state index contributed by atoms with van der Waals surface area (Å²) < 4.78 is 13.0. The highest BCUT2D eigenvalue weighted by Crippen LogP contribution is 2.35. The molecular weight excluding hydrogens is 444 g/mol. The number of hydrogen-bond acceptors (Lipinski definition) is 7. The van der Waals surface area contributed by atoms with Crippen LogP contribution in [0.25, 0.3) is 22.1 Å².